The summed E-state index contributed by atoms with van der Waals surface area (Å²) in [5.74, 6) is 0. The SMILES string of the molecule is CS(O[N+](=O)[O-])(c1ccccc1)c1ccccc1. The van der Waals surface area contributed by atoms with Crippen molar-refractivity contribution in [1.82, 2.24) is 0 Å². The summed E-state index contributed by atoms with van der Waals surface area (Å²) in [4.78, 5) is 12.4. The molecule has 0 aliphatic rings. The van der Waals surface area contributed by atoms with Gasteiger partial charge in [-0.1, -0.05) is 36.4 Å². The minimum absolute atomic E-state index is 0.713. The molecule has 0 radical (unpaired) electrons. The maximum atomic E-state index is 10.8. The van der Waals surface area contributed by atoms with Crippen LogP contribution in [0.25, 0.3) is 0 Å². The molecule has 94 valence electrons. The zero-order chi connectivity index (χ0) is 13.0. The Kier molecular flexibility index (Phi) is 3.53. The molecule has 0 bridgehead atoms. The van der Waals surface area contributed by atoms with E-state index in [0.29, 0.717) is 0 Å². The minimum Gasteiger partial charge on any atom is -0.254 e. The second-order valence-corrected chi connectivity index (χ2v) is 6.55. The number of hydrogen-bond donors (Lipinski definition) is 0. The highest BCUT2D eigenvalue weighted by Crippen LogP contribution is 2.60. The van der Waals surface area contributed by atoms with Crippen molar-refractivity contribution in [3.05, 3.63) is 70.8 Å². The van der Waals surface area contributed by atoms with E-state index >= 15 is 0 Å². The Morgan fingerprint density at radius 2 is 1.33 bits per heavy atom. The standard InChI is InChI=1S/C13H13NO3S/c1-18(17-14(15)16,12-8-4-2-5-9-12)13-10-6-3-7-11-13/h2-11H,1H3. The molecule has 5 heteroatoms. The summed E-state index contributed by atoms with van der Waals surface area (Å²) in [5.41, 5.74) is 0. The van der Waals surface area contributed by atoms with E-state index in [4.69, 9.17) is 4.28 Å². The van der Waals surface area contributed by atoms with Gasteiger partial charge in [0.2, 0.25) is 0 Å². The Morgan fingerprint density at radius 3 is 1.67 bits per heavy atom. The molecule has 0 spiro atoms. The van der Waals surface area contributed by atoms with Crippen LogP contribution in [0.5, 0.6) is 0 Å². The average Bonchev–Trinajstić information content (AvgIpc) is 2.40. The lowest BCUT2D eigenvalue weighted by atomic mass is 10.4. The molecule has 0 fully saturated rings. The van der Waals surface area contributed by atoms with Crippen LogP contribution in [0.4, 0.5) is 0 Å². The van der Waals surface area contributed by atoms with E-state index in [1.807, 2.05) is 60.7 Å². The van der Waals surface area contributed by atoms with Crippen molar-refractivity contribution in [3.63, 3.8) is 0 Å². The van der Waals surface area contributed by atoms with Crippen LogP contribution >= 0.6 is 10.3 Å². The molecule has 0 aliphatic heterocycles. The Labute approximate surface area is 107 Å². The Balaban J connectivity index is 2.51. The molecule has 2 rings (SSSR count). The lowest BCUT2D eigenvalue weighted by molar-refractivity contribution is -0.710. The first-order valence-electron chi connectivity index (χ1n) is 5.35. The molecule has 0 unspecified atom stereocenters. The van der Waals surface area contributed by atoms with Crippen LogP contribution in [0.2, 0.25) is 0 Å². The summed E-state index contributed by atoms with van der Waals surface area (Å²) in [6, 6.07) is 18.6. The van der Waals surface area contributed by atoms with Gasteiger partial charge in [0.1, 0.15) is 0 Å². The van der Waals surface area contributed by atoms with Gasteiger partial charge < -0.3 is 0 Å². The summed E-state index contributed by atoms with van der Waals surface area (Å²) in [7, 11) is -2.09. The molecule has 2 aromatic carbocycles. The summed E-state index contributed by atoms with van der Waals surface area (Å²) in [6.45, 7) is 0. The highest BCUT2D eigenvalue weighted by atomic mass is 32.3. The zero-order valence-electron chi connectivity index (χ0n) is 9.85. The van der Waals surface area contributed by atoms with Crippen molar-refractivity contribution in [2.75, 3.05) is 6.26 Å². The number of hydrogen-bond acceptors (Lipinski definition) is 3. The molecule has 0 heterocycles. The van der Waals surface area contributed by atoms with Gasteiger partial charge in [0.15, 0.2) is 0 Å². The molecular weight excluding hydrogens is 250 g/mol. The number of benzene rings is 2. The van der Waals surface area contributed by atoms with Gasteiger partial charge in [0, 0.05) is 9.79 Å². The first kappa shape index (κ1) is 12.4. The fraction of sp³-hybridized carbons (Fsp3) is 0.0769. The van der Waals surface area contributed by atoms with Crippen molar-refractivity contribution in [2.24, 2.45) is 0 Å². The van der Waals surface area contributed by atoms with Gasteiger partial charge in [-0.05, 0) is 40.8 Å². The predicted molar refractivity (Wildman–Crippen MR) is 71.0 cm³/mol. The van der Waals surface area contributed by atoms with E-state index < -0.39 is 15.4 Å². The minimum atomic E-state index is -2.09. The van der Waals surface area contributed by atoms with Crippen LogP contribution in [-0.2, 0) is 4.28 Å². The number of rotatable bonds is 4. The molecular formula is C13H13NO3S. The predicted octanol–water partition coefficient (Wildman–Crippen LogP) is 3.66. The lowest BCUT2D eigenvalue weighted by Crippen LogP contribution is -2.09. The Morgan fingerprint density at radius 1 is 0.944 bits per heavy atom. The van der Waals surface area contributed by atoms with Gasteiger partial charge in [-0.2, -0.15) is 0 Å². The fourth-order valence-electron chi connectivity index (χ4n) is 1.70. The van der Waals surface area contributed by atoms with Crippen LogP contribution in [0.15, 0.2) is 70.5 Å². The van der Waals surface area contributed by atoms with Gasteiger partial charge in [0.05, 0.1) is 0 Å². The van der Waals surface area contributed by atoms with Gasteiger partial charge >= 0.3 is 5.09 Å². The van der Waals surface area contributed by atoms with Crippen LogP contribution in [-0.4, -0.2) is 11.3 Å². The lowest BCUT2D eigenvalue weighted by Gasteiger charge is -2.33. The van der Waals surface area contributed by atoms with Gasteiger partial charge in [-0.25, -0.2) is 0 Å². The Hall–Kier alpha value is -2.01. The molecule has 4 nitrogen and oxygen atoms in total. The smallest absolute Gasteiger partial charge is 0.254 e. The zero-order valence-corrected chi connectivity index (χ0v) is 10.7. The first-order chi connectivity index (χ1) is 8.63. The molecule has 0 N–H and O–H groups in total. The van der Waals surface area contributed by atoms with Crippen LogP contribution in [0.3, 0.4) is 0 Å². The second kappa shape index (κ2) is 5.10. The van der Waals surface area contributed by atoms with Crippen molar-refractivity contribution in [3.8, 4) is 0 Å². The highest BCUT2D eigenvalue weighted by Gasteiger charge is 2.27. The van der Waals surface area contributed by atoms with Crippen molar-refractivity contribution >= 4 is 10.3 Å². The quantitative estimate of drug-likeness (QED) is 0.624. The maximum absolute atomic E-state index is 10.8. The maximum Gasteiger partial charge on any atom is 0.305 e. The van der Waals surface area contributed by atoms with Crippen LogP contribution in [0, 0.1) is 10.1 Å². The van der Waals surface area contributed by atoms with Crippen LogP contribution < -0.4 is 0 Å². The first-order valence-corrected chi connectivity index (χ1v) is 7.32. The van der Waals surface area contributed by atoms with Gasteiger partial charge in [0.25, 0.3) is 0 Å². The fourth-order valence-corrected chi connectivity index (χ4v) is 3.74. The van der Waals surface area contributed by atoms with E-state index in [1.165, 1.54) is 0 Å². The molecule has 0 saturated carbocycles. The topological polar surface area (TPSA) is 52.4 Å². The molecule has 0 atom stereocenters. The molecule has 0 aromatic heterocycles. The summed E-state index contributed by atoms with van der Waals surface area (Å²) in [6.07, 6.45) is 1.78. The van der Waals surface area contributed by atoms with Crippen molar-refractivity contribution < 1.29 is 9.37 Å². The van der Waals surface area contributed by atoms with Gasteiger partial charge in [-0.15, -0.1) is 10.1 Å². The third-order valence-electron chi connectivity index (χ3n) is 2.60. The average molecular weight is 263 g/mol. The largest absolute Gasteiger partial charge is 0.305 e. The van der Waals surface area contributed by atoms with Crippen molar-refractivity contribution in [1.29, 1.82) is 0 Å². The summed E-state index contributed by atoms with van der Waals surface area (Å²) < 4.78 is 5.02. The molecule has 0 aliphatic carbocycles. The summed E-state index contributed by atoms with van der Waals surface area (Å²) >= 11 is 0. The highest BCUT2D eigenvalue weighted by molar-refractivity contribution is 8.29. The monoisotopic (exact) mass is 263 g/mol. The third kappa shape index (κ3) is 2.46. The summed E-state index contributed by atoms with van der Waals surface area (Å²) in [5, 5.41) is 10.1. The van der Waals surface area contributed by atoms with E-state index in [1.54, 1.807) is 6.26 Å². The second-order valence-electron chi connectivity index (χ2n) is 3.77. The third-order valence-corrected chi connectivity index (χ3v) is 5.36. The molecule has 0 saturated heterocycles. The van der Waals surface area contributed by atoms with Crippen LogP contribution in [0.1, 0.15) is 0 Å². The van der Waals surface area contributed by atoms with E-state index in [9.17, 15) is 10.1 Å². The van der Waals surface area contributed by atoms with E-state index in [0.717, 1.165) is 9.79 Å². The van der Waals surface area contributed by atoms with Gasteiger partial charge in [-0.3, -0.25) is 4.28 Å². The van der Waals surface area contributed by atoms with Crippen molar-refractivity contribution in [2.45, 2.75) is 9.79 Å². The number of nitrogens with zero attached hydrogens (tertiary/aromatic N) is 1. The normalized spacial score (nSPS) is 11.8. The van der Waals surface area contributed by atoms with E-state index in [2.05, 4.69) is 0 Å². The Bertz CT molecular complexity index is 491. The van der Waals surface area contributed by atoms with E-state index in [-0.39, 0.29) is 0 Å². The molecule has 18 heavy (non-hydrogen) atoms. The molecule has 2 aromatic rings. The molecule has 0 amide bonds.